The number of pyridine rings is 1. The molecule has 0 saturated heterocycles. The molecule has 0 spiro atoms. The van der Waals surface area contributed by atoms with Gasteiger partial charge in [-0.2, -0.15) is 5.26 Å². The molecule has 3 heterocycles. The van der Waals surface area contributed by atoms with E-state index in [1.165, 1.54) is 21.8 Å². The van der Waals surface area contributed by atoms with E-state index in [-0.39, 0.29) is 0 Å². The van der Waals surface area contributed by atoms with E-state index in [1.54, 1.807) is 6.20 Å². The molecule has 4 nitrogen and oxygen atoms in total. The molecule has 0 saturated carbocycles. The summed E-state index contributed by atoms with van der Waals surface area (Å²) < 4.78 is 4.45. The van der Waals surface area contributed by atoms with Crippen molar-refractivity contribution in [3.05, 3.63) is 139 Å². The molecule has 0 unspecified atom stereocenters. The topological polar surface area (TPSA) is 46.5 Å². The minimum absolute atomic E-state index is 0.547. The molecule has 4 heteroatoms. The first-order chi connectivity index (χ1) is 19.8. The minimum atomic E-state index is 0.547. The Kier molecular flexibility index (Phi) is 4.85. The van der Waals surface area contributed by atoms with Gasteiger partial charge in [-0.05, 0) is 65.7 Å². The minimum Gasteiger partial charge on any atom is -0.309 e. The van der Waals surface area contributed by atoms with Crippen LogP contribution in [0.3, 0.4) is 0 Å². The van der Waals surface area contributed by atoms with Crippen LogP contribution in [0.2, 0.25) is 0 Å². The van der Waals surface area contributed by atoms with Crippen molar-refractivity contribution in [2.45, 2.75) is 0 Å². The van der Waals surface area contributed by atoms with E-state index in [9.17, 15) is 5.26 Å². The van der Waals surface area contributed by atoms with Crippen molar-refractivity contribution in [1.82, 2.24) is 14.1 Å². The fourth-order valence-corrected chi connectivity index (χ4v) is 6.05. The highest BCUT2D eigenvalue weighted by atomic mass is 15.1. The molecule has 0 aliphatic carbocycles. The highest BCUT2D eigenvalue weighted by molar-refractivity contribution is 6.12. The number of aromatic nitrogens is 3. The largest absolute Gasteiger partial charge is 0.309 e. The van der Waals surface area contributed by atoms with Crippen LogP contribution in [-0.4, -0.2) is 14.1 Å². The summed E-state index contributed by atoms with van der Waals surface area (Å²) in [5.74, 6) is 0.648. The van der Waals surface area contributed by atoms with Gasteiger partial charge in [-0.15, -0.1) is 0 Å². The lowest BCUT2D eigenvalue weighted by atomic mass is 10.0. The van der Waals surface area contributed by atoms with E-state index in [1.807, 2.05) is 18.2 Å². The molecule has 0 atom stereocenters. The van der Waals surface area contributed by atoms with Crippen molar-refractivity contribution in [3.8, 4) is 28.7 Å². The highest BCUT2D eigenvalue weighted by Crippen LogP contribution is 2.38. The van der Waals surface area contributed by atoms with E-state index < -0.39 is 0 Å². The smallest absolute Gasteiger partial charge is 0.155 e. The molecule has 8 aromatic rings. The lowest BCUT2D eigenvalue weighted by Crippen LogP contribution is -2.00. The van der Waals surface area contributed by atoms with E-state index in [0.29, 0.717) is 11.4 Å². The van der Waals surface area contributed by atoms with Gasteiger partial charge >= 0.3 is 0 Å². The van der Waals surface area contributed by atoms with E-state index >= 15 is 0 Å². The van der Waals surface area contributed by atoms with Crippen LogP contribution in [0, 0.1) is 11.3 Å². The van der Waals surface area contributed by atoms with Crippen molar-refractivity contribution < 1.29 is 0 Å². The number of fused-ring (bicyclic) bond motifs is 6. The van der Waals surface area contributed by atoms with E-state index in [0.717, 1.165) is 38.6 Å². The molecule has 0 aliphatic rings. The van der Waals surface area contributed by atoms with Gasteiger partial charge in [0.2, 0.25) is 0 Å². The Morgan fingerprint density at radius 2 is 1.12 bits per heavy atom. The first kappa shape index (κ1) is 22.3. The maximum atomic E-state index is 9.86. The van der Waals surface area contributed by atoms with Crippen LogP contribution >= 0.6 is 0 Å². The second kappa shape index (κ2) is 8.69. The van der Waals surface area contributed by atoms with Crippen molar-refractivity contribution in [1.29, 1.82) is 5.26 Å². The second-order valence-electron chi connectivity index (χ2n) is 9.99. The lowest BCUT2D eigenvalue weighted by Gasteiger charge is -2.10. The van der Waals surface area contributed by atoms with Crippen LogP contribution < -0.4 is 0 Å². The quantitative estimate of drug-likeness (QED) is 0.238. The number of para-hydroxylation sites is 3. The zero-order valence-corrected chi connectivity index (χ0v) is 21.5. The van der Waals surface area contributed by atoms with Gasteiger partial charge in [0.05, 0.1) is 27.6 Å². The van der Waals surface area contributed by atoms with Crippen LogP contribution in [0.25, 0.3) is 66.2 Å². The molecule has 0 amide bonds. The zero-order valence-electron chi connectivity index (χ0n) is 21.5. The van der Waals surface area contributed by atoms with Crippen molar-refractivity contribution in [2.24, 2.45) is 0 Å². The molecule has 0 radical (unpaired) electrons. The lowest BCUT2D eigenvalue weighted by molar-refractivity contribution is 1.07. The summed E-state index contributed by atoms with van der Waals surface area (Å²) in [5, 5.41) is 14.6. The molecule has 5 aromatic carbocycles. The molecule has 186 valence electrons. The molecule has 0 N–H and O–H groups in total. The number of benzene rings is 5. The average Bonchev–Trinajstić information content (AvgIpc) is 3.53. The Labute approximate surface area is 230 Å². The van der Waals surface area contributed by atoms with Crippen molar-refractivity contribution >= 4 is 43.6 Å². The Morgan fingerprint density at radius 1 is 0.500 bits per heavy atom. The second-order valence-corrected chi connectivity index (χ2v) is 9.99. The first-order valence-corrected chi connectivity index (χ1v) is 13.3. The standard InChI is InChI=1S/C36H22N4/c37-23-26-9-8-20-38-36(26)40-33-15-7-4-12-28(33)30-18-16-25(22-35(30)40)24-17-19-34-31(21-24)29-13-5-6-14-32(29)39(34)27-10-2-1-3-11-27/h1-22H. The maximum absolute atomic E-state index is 9.86. The van der Waals surface area contributed by atoms with Gasteiger partial charge in [-0.25, -0.2) is 4.98 Å². The predicted molar refractivity (Wildman–Crippen MR) is 163 cm³/mol. The first-order valence-electron chi connectivity index (χ1n) is 13.3. The molecule has 0 aliphatic heterocycles. The SMILES string of the molecule is N#Cc1cccnc1-n1c2ccccc2c2ccc(-c3ccc4c(c3)c3ccccc3n4-c3ccccc3)cc21. The van der Waals surface area contributed by atoms with Crippen molar-refractivity contribution in [3.63, 3.8) is 0 Å². The molecule has 40 heavy (non-hydrogen) atoms. The Morgan fingerprint density at radius 3 is 1.93 bits per heavy atom. The fourth-order valence-electron chi connectivity index (χ4n) is 6.05. The summed E-state index contributed by atoms with van der Waals surface area (Å²) in [4.78, 5) is 4.64. The number of nitriles is 1. The van der Waals surface area contributed by atoms with Crippen molar-refractivity contribution in [2.75, 3.05) is 0 Å². The molecule has 0 fully saturated rings. The Hall–Kier alpha value is -5.66. The summed E-state index contributed by atoms with van der Waals surface area (Å²) in [6.45, 7) is 0. The van der Waals surface area contributed by atoms with E-state index in [2.05, 4.69) is 129 Å². The Bertz CT molecular complexity index is 2280. The highest BCUT2D eigenvalue weighted by Gasteiger charge is 2.17. The summed E-state index contributed by atoms with van der Waals surface area (Å²) in [6, 6.07) is 46.7. The predicted octanol–water partition coefficient (Wildman–Crippen LogP) is 8.81. The number of rotatable bonds is 3. The average molecular weight is 511 g/mol. The maximum Gasteiger partial charge on any atom is 0.155 e. The van der Waals surface area contributed by atoms with Gasteiger partial charge in [0.1, 0.15) is 6.07 Å². The van der Waals surface area contributed by atoms with Crippen LogP contribution in [0.1, 0.15) is 5.56 Å². The third kappa shape index (κ3) is 3.22. The van der Waals surface area contributed by atoms with Gasteiger partial charge in [-0.1, -0.05) is 72.8 Å². The van der Waals surface area contributed by atoms with Gasteiger partial charge in [-0.3, -0.25) is 4.57 Å². The monoisotopic (exact) mass is 510 g/mol. The third-order valence-corrected chi connectivity index (χ3v) is 7.81. The van der Waals surface area contributed by atoms with Crippen LogP contribution in [0.5, 0.6) is 0 Å². The Balaban J connectivity index is 1.39. The molecule has 3 aromatic heterocycles. The summed E-state index contributed by atoms with van der Waals surface area (Å²) in [5.41, 5.74) is 8.39. The number of nitrogens with zero attached hydrogens (tertiary/aromatic N) is 4. The van der Waals surface area contributed by atoms with Crippen LogP contribution in [0.15, 0.2) is 134 Å². The fraction of sp³-hybridized carbons (Fsp3) is 0. The van der Waals surface area contributed by atoms with Gasteiger partial charge < -0.3 is 4.57 Å². The van der Waals surface area contributed by atoms with E-state index in [4.69, 9.17) is 0 Å². The van der Waals surface area contributed by atoms with Crippen LogP contribution in [-0.2, 0) is 0 Å². The number of hydrogen-bond acceptors (Lipinski definition) is 2. The van der Waals surface area contributed by atoms with Gasteiger partial charge in [0.25, 0.3) is 0 Å². The van der Waals surface area contributed by atoms with Gasteiger partial charge in [0, 0.05) is 33.4 Å². The molecular formula is C36H22N4. The van der Waals surface area contributed by atoms with Gasteiger partial charge in [0.15, 0.2) is 5.82 Å². The molecular weight excluding hydrogens is 488 g/mol. The molecule has 0 bridgehead atoms. The summed E-state index contributed by atoms with van der Waals surface area (Å²) in [6.07, 6.45) is 1.75. The third-order valence-electron chi connectivity index (χ3n) is 7.81. The molecule has 8 rings (SSSR count). The summed E-state index contributed by atoms with van der Waals surface area (Å²) in [7, 11) is 0. The zero-order chi connectivity index (χ0) is 26.6. The normalized spacial score (nSPS) is 11.5. The number of hydrogen-bond donors (Lipinski definition) is 0. The van der Waals surface area contributed by atoms with Crippen LogP contribution in [0.4, 0.5) is 0 Å². The summed E-state index contributed by atoms with van der Waals surface area (Å²) >= 11 is 0.